The maximum absolute atomic E-state index is 12.8. The summed E-state index contributed by atoms with van der Waals surface area (Å²) in [5.74, 6) is 0.380. The molecule has 0 unspecified atom stereocenters. The molecule has 0 bridgehead atoms. The van der Waals surface area contributed by atoms with Crippen molar-refractivity contribution in [3.63, 3.8) is 0 Å². The number of carbonyl (C=O) groups is 1. The Morgan fingerprint density at radius 3 is 2.17 bits per heavy atom. The first-order valence-corrected chi connectivity index (χ1v) is 10.3. The van der Waals surface area contributed by atoms with Crippen molar-refractivity contribution in [3.8, 4) is 11.4 Å². The minimum atomic E-state index is -0.315. The highest BCUT2D eigenvalue weighted by Crippen LogP contribution is 2.36. The van der Waals surface area contributed by atoms with Crippen LogP contribution >= 0.6 is 23.4 Å². The fourth-order valence-corrected chi connectivity index (χ4v) is 3.78. The molecule has 3 aromatic carbocycles. The van der Waals surface area contributed by atoms with Crippen molar-refractivity contribution in [2.75, 3.05) is 11.1 Å². The van der Waals surface area contributed by atoms with Crippen LogP contribution in [-0.2, 0) is 0 Å². The second-order valence-corrected chi connectivity index (χ2v) is 7.85. The van der Waals surface area contributed by atoms with Crippen LogP contribution in [0.4, 0.5) is 11.5 Å². The van der Waals surface area contributed by atoms with E-state index in [1.54, 1.807) is 24.3 Å². The van der Waals surface area contributed by atoms with E-state index in [1.807, 2.05) is 60.7 Å². The number of anilines is 2. The van der Waals surface area contributed by atoms with Crippen LogP contribution in [0.3, 0.4) is 0 Å². The second-order valence-electron chi connectivity index (χ2n) is 6.35. The molecule has 1 heterocycles. The molecule has 4 aromatic rings. The van der Waals surface area contributed by atoms with E-state index in [0.29, 0.717) is 27.1 Å². The average Bonchev–Trinajstić information content (AvgIpc) is 2.77. The van der Waals surface area contributed by atoms with Gasteiger partial charge in [-0.05, 0) is 36.4 Å². The molecule has 7 heteroatoms. The molecule has 0 saturated carbocycles. The molecular weight excluding hydrogens is 416 g/mol. The zero-order valence-electron chi connectivity index (χ0n) is 15.7. The van der Waals surface area contributed by atoms with Gasteiger partial charge in [0.05, 0.1) is 0 Å². The predicted molar refractivity (Wildman–Crippen MR) is 122 cm³/mol. The monoisotopic (exact) mass is 432 g/mol. The third-order valence-electron chi connectivity index (χ3n) is 4.24. The molecule has 0 aliphatic rings. The minimum absolute atomic E-state index is 0.199. The number of hydrogen-bond donors (Lipinski definition) is 2. The number of rotatable bonds is 5. The number of nitrogens with one attached hydrogen (secondary N) is 1. The van der Waals surface area contributed by atoms with E-state index in [2.05, 4.69) is 10.3 Å². The van der Waals surface area contributed by atoms with Crippen molar-refractivity contribution < 1.29 is 4.79 Å². The van der Waals surface area contributed by atoms with E-state index in [-0.39, 0.29) is 11.7 Å². The molecule has 0 aliphatic carbocycles. The molecule has 0 spiro atoms. The summed E-state index contributed by atoms with van der Waals surface area (Å²) in [6.07, 6.45) is 0. The third-order valence-corrected chi connectivity index (χ3v) is 5.49. The predicted octanol–water partition coefficient (Wildman–Crippen LogP) is 5.78. The highest BCUT2D eigenvalue weighted by atomic mass is 35.5. The Morgan fingerprint density at radius 2 is 1.50 bits per heavy atom. The van der Waals surface area contributed by atoms with Crippen LogP contribution in [0.1, 0.15) is 10.4 Å². The van der Waals surface area contributed by atoms with Gasteiger partial charge in [0.15, 0.2) is 11.6 Å². The van der Waals surface area contributed by atoms with E-state index >= 15 is 0 Å². The van der Waals surface area contributed by atoms with Crippen LogP contribution < -0.4 is 11.1 Å². The number of nitrogen functional groups attached to an aromatic ring is 1. The first-order chi connectivity index (χ1) is 14.6. The number of hydrogen-bond acceptors (Lipinski definition) is 5. The molecule has 0 aliphatic heterocycles. The van der Waals surface area contributed by atoms with E-state index in [0.717, 1.165) is 10.5 Å². The summed E-state index contributed by atoms with van der Waals surface area (Å²) in [4.78, 5) is 22.9. The highest BCUT2D eigenvalue weighted by molar-refractivity contribution is 7.99. The summed E-state index contributed by atoms with van der Waals surface area (Å²) in [5.41, 5.74) is 7.94. The van der Waals surface area contributed by atoms with E-state index in [4.69, 9.17) is 22.3 Å². The molecule has 0 saturated heterocycles. The lowest BCUT2D eigenvalue weighted by Crippen LogP contribution is -2.15. The Labute approximate surface area is 183 Å². The zero-order valence-corrected chi connectivity index (χ0v) is 17.3. The van der Waals surface area contributed by atoms with Gasteiger partial charge in [-0.15, -0.1) is 0 Å². The molecule has 1 aromatic heterocycles. The summed E-state index contributed by atoms with van der Waals surface area (Å²) < 4.78 is 0. The maximum Gasteiger partial charge on any atom is 0.255 e. The number of amides is 1. The Morgan fingerprint density at radius 1 is 0.867 bits per heavy atom. The molecule has 148 valence electrons. The second kappa shape index (κ2) is 8.98. The van der Waals surface area contributed by atoms with Gasteiger partial charge in [0.25, 0.3) is 5.91 Å². The fourth-order valence-electron chi connectivity index (χ4n) is 2.75. The van der Waals surface area contributed by atoms with Crippen molar-refractivity contribution in [3.05, 3.63) is 95.5 Å². The summed E-state index contributed by atoms with van der Waals surface area (Å²) in [7, 11) is 0. The lowest BCUT2D eigenvalue weighted by atomic mass is 10.2. The maximum atomic E-state index is 12.8. The SMILES string of the molecule is Nc1nc(-c2ccccc2)nc(Sc2ccccc2)c1NC(=O)c1ccc(Cl)cc1. The number of aromatic nitrogens is 2. The average molecular weight is 433 g/mol. The Balaban J connectivity index is 1.74. The van der Waals surface area contributed by atoms with Crippen molar-refractivity contribution in [2.45, 2.75) is 9.92 Å². The number of benzene rings is 3. The standard InChI is InChI=1S/C23H17ClN4OS/c24-17-13-11-16(12-14-17)22(29)26-19-20(25)27-21(15-7-3-1-4-8-15)28-23(19)30-18-9-5-2-6-10-18/h1-14H,(H,26,29)(H2,25,27,28). The van der Waals surface area contributed by atoms with Crippen molar-refractivity contribution in [1.82, 2.24) is 9.97 Å². The number of halogens is 1. The van der Waals surface area contributed by atoms with Gasteiger partial charge >= 0.3 is 0 Å². The Bertz CT molecular complexity index is 1170. The van der Waals surface area contributed by atoms with Gasteiger partial charge in [0.1, 0.15) is 10.7 Å². The first kappa shape index (κ1) is 19.9. The van der Waals surface area contributed by atoms with Gasteiger partial charge in [0, 0.05) is 21.0 Å². The zero-order chi connectivity index (χ0) is 20.9. The van der Waals surface area contributed by atoms with Gasteiger partial charge in [-0.3, -0.25) is 4.79 Å². The Hall–Kier alpha value is -3.35. The number of carbonyl (C=O) groups excluding carboxylic acids is 1. The summed E-state index contributed by atoms with van der Waals surface area (Å²) in [6, 6.07) is 26.0. The summed E-state index contributed by atoms with van der Waals surface area (Å²) in [6.45, 7) is 0. The topological polar surface area (TPSA) is 80.9 Å². The van der Waals surface area contributed by atoms with Gasteiger partial charge in [0.2, 0.25) is 0 Å². The van der Waals surface area contributed by atoms with Crippen molar-refractivity contribution >= 4 is 40.8 Å². The largest absolute Gasteiger partial charge is 0.382 e. The van der Waals surface area contributed by atoms with Gasteiger partial charge < -0.3 is 11.1 Å². The normalized spacial score (nSPS) is 10.6. The minimum Gasteiger partial charge on any atom is -0.382 e. The molecule has 3 N–H and O–H groups in total. The van der Waals surface area contributed by atoms with E-state index in [1.165, 1.54) is 11.8 Å². The molecule has 0 radical (unpaired) electrons. The quantitative estimate of drug-likeness (QED) is 0.390. The molecular formula is C23H17ClN4OS. The third kappa shape index (κ3) is 4.62. The smallest absolute Gasteiger partial charge is 0.255 e. The first-order valence-electron chi connectivity index (χ1n) is 9.13. The van der Waals surface area contributed by atoms with Crippen molar-refractivity contribution in [1.29, 1.82) is 0 Å². The molecule has 1 amide bonds. The molecule has 5 nitrogen and oxygen atoms in total. The van der Waals surface area contributed by atoms with E-state index < -0.39 is 0 Å². The van der Waals surface area contributed by atoms with Crippen LogP contribution in [0.15, 0.2) is 94.9 Å². The van der Waals surface area contributed by atoms with Crippen LogP contribution in [0.2, 0.25) is 5.02 Å². The van der Waals surface area contributed by atoms with E-state index in [9.17, 15) is 4.79 Å². The van der Waals surface area contributed by atoms with Gasteiger partial charge in [-0.2, -0.15) is 0 Å². The molecule has 0 fully saturated rings. The highest BCUT2D eigenvalue weighted by Gasteiger charge is 2.18. The van der Waals surface area contributed by atoms with Crippen LogP contribution in [-0.4, -0.2) is 15.9 Å². The lowest BCUT2D eigenvalue weighted by Gasteiger charge is -2.14. The summed E-state index contributed by atoms with van der Waals surface area (Å²) in [5, 5.41) is 3.98. The molecule has 0 atom stereocenters. The van der Waals surface area contributed by atoms with Crippen LogP contribution in [0, 0.1) is 0 Å². The van der Waals surface area contributed by atoms with Crippen LogP contribution in [0.25, 0.3) is 11.4 Å². The Kier molecular flexibility index (Phi) is 5.97. The van der Waals surface area contributed by atoms with Gasteiger partial charge in [-0.25, -0.2) is 9.97 Å². The van der Waals surface area contributed by atoms with Gasteiger partial charge in [-0.1, -0.05) is 71.9 Å². The van der Waals surface area contributed by atoms with Crippen molar-refractivity contribution in [2.24, 2.45) is 0 Å². The number of nitrogens with two attached hydrogens (primary N) is 1. The molecule has 30 heavy (non-hydrogen) atoms. The number of nitrogens with zero attached hydrogens (tertiary/aromatic N) is 2. The summed E-state index contributed by atoms with van der Waals surface area (Å²) >= 11 is 7.33. The lowest BCUT2D eigenvalue weighted by molar-refractivity contribution is 0.102. The molecule has 4 rings (SSSR count). The fraction of sp³-hybridized carbons (Fsp3) is 0. The van der Waals surface area contributed by atoms with Crippen LogP contribution in [0.5, 0.6) is 0 Å².